The Kier molecular flexibility index (Phi) is 5.63. The molecule has 1 fully saturated rings. The molecule has 110 valence electrons. The molecule has 0 saturated carbocycles. The van der Waals surface area contributed by atoms with Crippen LogP contribution in [0.2, 0.25) is 0 Å². The van der Waals surface area contributed by atoms with E-state index in [1.54, 1.807) is 4.90 Å². The van der Waals surface area contributed by atoms with Gasteiger partial charge in [0.2, 0.25) is 0 Å². The number of aliphatic carboxylic acids is 1. The SMILES string of the molecule is CC1CC(C(=O)O)CN(C(=O)NCC(C)C(C)C)C1. The number of piperidine rings is 1. The van der Waals surface area contributed by atoms with E-state index >= 15 is 0 Å². The lowest BCUT2D eigenvalue weighted by atomic mass is 9.91. The van der Waals surface area contributed by atoms with E-state index < -0.39 is 11.9 Å². The Bertz CT molecular complexity index is 331. The third-order valence-corrected chi connectivity index (χ3v) is 4.01. The van der Waals surface area contributed by atoms with Crippen LogP contribution in [0, 0.1) is 23.7 Å². The third kappa shape index (κ3) is 4.73. The van der Waals surface area contributed by atoms with Gasteiger partial charge in [0.25, 0.3) is 0 Å². The zero-order valence-electron chi connectivity index (χ0n) is 12.3. The molecule has 1 rings (SSSR count). The number of rotatable bonds is 4. The molecule has 3 unspecified atom stereocenters. The second-order valence-corrected chi connectivity index (χ2v) is 6.19. The minimum Gasteiger partial charge on any atom is -0.481 e. The van der Waals surface area contributed by atoms with Crippen LogP contribution in [-0.4, -0.2) is 41.6 Å². The highest BCUT2D eigenvalue weighted by Gasteiger charge is 2.31. The number of carboxylic acids is 1. The topological polar surface area (TPSA) is 69.6 Å². The smallest absolute Gasteiger partial charge is 0.317 e. The molecular formula is C14H26N2O3. The summed E-state index contributed by atoms with van der Waals surface area (Å²) in [5, 5.41) is 12.0. The lowest BCUT2D eigenvalue weighted by Gasteiger charge is -2.35. The van der Waals surface area contributed by atoms with E-state index in [1.807, 2.05) is 6.92 Å². The zero-order valence-corrected chi connectivity index (χ0v) is 12.3. The number of carboxylic acid groups (broad SMARTS) is 1. The number of hydrogen-bond donors (Lipinski definition) is 2. The average molecular weight is 270 g/mol. The molecule has 0 aromatic rings. The molecule has 3 atom stereocenters. The highest BCUT2D eigenvalue weighted by molar-refractivity contribution is 5.76. The molecule has 1 saturated heterocycles. The van der Waals surface area contributed by atoms with Gasteiger partial charge in [-0.05, 0) is 24.2 Å². The summed E-state index contributed by atoms with van der Waals surface area (Å²) >= 11 is 0. The first-order valence-electron chi connectivity index (χ1n) is 7.06. The molecule has 0 aliphatic carbocycles. The van der Waals surface area contributed by atoms with Gasteiger partial charge < -0.3 is 15.3 Å². The monoisotopic (exact) mass is 270 g/mol. The van der Waals surface area contributed by atoms with E-state index in [-0.39, 0.29) is 11.9 Å². The molecule has 5 nitrogen and oxygen atoms in total. The van der Waals surface area contributed by atoms with Gasteiger partial charge in [0.15, 0.2) is 0 Å². The van der Waals surface area contributed by atoms with Gasteiger partial charge in [0.1, 0.15) is 0 Å². The lowest BCUT2D eigenvalue weighted by Crippen LogP contribution is -2.50. The van der Waals surface area contributed by atoms with Gasteiger partial charge >= 0.3 is 12.0 Å². The van der Waals surface area contributed by atoms with Crippen LogP contribution in [-0.2, 0) is 4.79 Å². The standard InChI is InChI=1S/C14H26N2O3/c1-9(2)11(4)6-15-14(19)16-7-10(3)5-12(8-16)13(17)18/h9-12H,5-8H2,1-4H3,(H,15,19)(H,17,18). The maximum Gasteiger partial charge on any atom is 0.317 e. The Balaban J connectivity index is 2.49. The summed E-state index contributed by atoms with van der Waals surface area (Å²) in [6.45, 7) is 9.95. The van der Waals surface area contributed by atoms with E-state index in [9.17, 15) is 9.59 Å². The van der Waals surface area contributed by atoms with Crippen LogP contribution in [0.4, 0.5) is 4.79 Å². The largest absolute Gasteiger partial charge is 0.481 e. The molecule has 1 aliphatic heterocycles. The molecule has 0 radical (unpaired) electrons. The van der Waals surface area contributed by atoms with E-state index in [2.05, 4.69) is 26.1 Å². The second-order valence-electron chi connectivity index (χ2n) is 6.19. The van der Waals surface area contributed by atoms with Gasteiger partial charge in [-0.25, -0.2) is 4.79 Å². The number of hydrogen-bond acceptors (Lipinski definition) is 2. The predicted molar refractivity (Wildman–Crippen MR) is 73.9 cm³/mol. The van der Waals surface area contributed by atoms with Crippen molar-refractivity contribution < 1.29 is 14.7 Å². The Labute approximate surface area is 115 Å². The van der Waals surface area contributed by atoms with Gasteiger partial charge in [0.05, 0.1) is 5.92 Å². The van der Waals surface area contributed by atoms with Gasteiger partial charge in [-0.15, -0.1) is 0 Å². The van der Waals surface area contributed by atoms with Crippen molar-refractivity contribution in [2.24, 2.45) is 23.7 Å². The summed E-state index contributed by atoms with van der Waals surface area (Å²) in [4.78, 5) is 24.8. The highest BCUT2D eigenvalue weighted by Crippen LogP contribution is 2.21. The van der Waals surface area contributed by atoms with E-state index in [4.69, 9.17) is 5.11 Å². The molecule has 2 N–H and O–H groups in total. The first kappa shape index (κ1) is 15.8. The second kappa shape index (κ2) is 6.78. The van der Waals surface area contributed by atoms with E-state index in [1.165, 1.54) is 0 Å². The molecule has 5 heteroatoms. The van der Waals surface area contributed by atoms with Crippen molar-refractivity contribution in [1.82, 2.24) is 10.2 Å². The fourth-order valence-electron chi connectivity index (χ4n) is 2.29. The Morgan fingerprint density at radius 1 is 1.32 bits per heavy atom. The first-order valence-corrected chi connectivity index (χ1v) is 7.06. The quantitative estimate of drug-likeness (QED) is 0.821. The van der Waals surface area contributed by atoms with Crippen molar-refractivity contribution in [1.29, 1.82) is 0 Å². The summed E-state index contributed by atoms with van der Waals surface area (Å²) in [5.74, 6) is -0.0613. The van der Waals surface area contributed by atoms with Crippen LogP contribution in [0.25, 0.3) is 0 Å². The third-order valence-electron chi connectivity index (χ3n) is 4.01. The Hall–Kier alpha value is -1.26. The number of amides is 2. The predicted octanol–water partition coefficient (Wildman–Crippen LogP) is 2.03. The Morgan fingerprint density at radius 3 is 2.47 bits per heavy atom. The van der Waals surface area contributed by atoms with Crippen molar-refractivity contribution in [2.45, 2.75) is 34.1 Å². The van der Waals surface area contributed by atoms with Crippen molar-refractivity contribution in [2.75, 3.05) is 19.6 Å². The summed E-state index contributed by atoms with van der Waals surface area (Å²) in [6, 6.07) is -0.134. The zero-order chi connectivity index (χ0) is 14.6. The molecule has 1 heterocycles. The number of nitrogens with zero attached hydrogens (tertiary/aromatic N) is 1. The first-order chi connectivity index (χ1) is 8.81. The van der Waals surface area contributed by atoms with Crippen LogP contribution < -0.4 is 5.32 Å². The van der Waals surface area contributed by atoms with E-state index in [0.717, 1.165) is 0 Å². The van der Waals surface area contributed by atoms with Crippen LogP contribution in [0.15, 0.2) is 0 Å². The van der Waals surface area contributed by atoms with Gasteiger partial charge in [-0.1, -0.05) is 27.7 Å². The van der Waals surface area contributed by atoms with Crippen molar-refractivity contribution >= 4 is 12.0 Å². The minimum atomic E-state index is -0.806. The molecule has 0 aromatic heterocycles. The highest BCUT2D eigenvalue weighted by atomic mass is 16.4. The van der Waals surface area contributed by atoms with Gasteiger partial charge in [-0.2, -0.15) is 0 Å². The Morgan fingerprint density at radius 2 is 1.95 bits per heavy atom. The minimum absolute atomic E-state index is 0.134. The average Bonchev–Trinajstić information content (AvgIpc) is 2.34. The van der Waals surface area contributed by atoms with Crippen LogP contribution in [0.5, 0.6) is 0 Å². The van der Waals surface area contributed by atoms with Crippen LogP contribution >= 0.6 is 0 Å². The normalized spacial score (nSPS) is 25.2. The van der Waals surface area contributed by atoms with Gasteiger partial charge in [0, 0.05) is 19.6 Å². The number of nitrogens with one attached hydrogen (secondary N) is 1. The number of likely N-dealkylation sites (tertiary alicyclic amines) is 1. The molecule has 19 heavy (non-hydrogen) atoms. The molecule has 0 bridgehead atoms. The molecular weight excluding hydrogens is 244 g/mol. The molecule has 2 amide bonds. The van der Waals surface area contributed by atoms with Gasteiger partial charge in [-0.3, -0.25) is 4.79 Å². The number of carbonyl (C=O) groups is 2. The summed E-state index contributed by atoms with van der Waals surface area (Å²) in [7, 11) is 0. The summed E-state index contributed by atoms with van der Waals surface area (Å²) in [6.07, 6.45) is 0.654. The maximum absolute atomic E-state index is 12.1. The van der Waals surface area contributed by atoms with Crippen molar-refractivity contribution in [3.63, 3.8) is 0 Å². The summed E-state index contributed by atoms with van der Waals surface area (Å²) in [5.41, 5.74) is 0. The van der Waals surface area contributed by atoms with Crippen molar-refractivity contribution in [3.05, 3.63) is 0 Å². The molecule has 0 spiro atoms. The van der Waals surface area contributed by atoms with E-state index in [0.29, 0.717) is 37.9 Å². The number of carbonyl (C=O) groups excluding carboxylic acids is 1. The molecule has 1 aliphatic rings. The van der Waals surface area contributed by atoms with Crippen LogP contribution in [0.1, 0.15) is 34.1 Å². The number of urea groups is 1. The maximum atomic E-state index is 12.1. The van der Waals surface area contributed by atoms with Crippen LogP contribution in [0.3, 0.4) is 0 Å². The van der Waals surface area contributed by atoms with Crippen molar-refractivity contribution in [3.8, 4) is 0 Å². The molecule has 0 aromatic carbocycles. The fraction of sp³-hybridized carbons (Fsp3) is 0.857. The fourth-order valence-corrected chi connectivity index (χ4v) is 2.29. The lowest BCUT2D eigenvalue weighted by molar-refractivity contribution is -0.143. The summed E-state index contributed by atoms with van der Waals surface area (Å²) < 4.78 is 0.